The molecule has 2 N–H and O–H groups in total. The number of nitrogens with zero attached hydrogens (tertiary/aromatic N) is 1. The van der Waals surface area contributed by atoms with E-state index in [-0.39, 0.29) is 35.9 Å². The molecular formula is C20H27N3O5S. The van der Waals surface area contributed by atoms with Crippen LogP contribution in [0.15, 0.2) is 41.8 Å². The molecule has 1 aromatic rings. The summed E-state index contributed by atoms with van der Waals surface area (Å²) in [7, 11) is -3.60. The highest BCUT2D eigenvalue weighted by atomic mass is 32.2. The number of hydrogen-bond acceptors (Lipinski definition) is 5. The molecule has 29 heavy (non-hydrogen) atoms. The Bertz CT molecular complexity index is 847. The molecule has 2 aliphatic rings. The lowest BCUT2D eigenvalue weighted by molar-refractivity contribution is -0.135. The third-order valence-electron chi connectivity index (χ3n) is 5.24. The molecule has 2 aliphatic heterocycles. The minimum absolute atomic E-state index is 0.0672. The van der Waals surface area contributed by atoms with E-state index >= 15 is 0 Å². The molecule has 3 rings (SSSR count). The molecule has 8 nitrogen and oxygen atoms in total. The van der Waals surface area contributed by atoms with E-state index in [1.807, 2.05) is 0 Å². The Morgan fingerprint density at radius 2 is 1.97 bits per heavy atom. The second-order valence-corrected chi connectivity index (χ2v) is 9.01. The fourth-order valence-electron chi connectivity index (χ4n) is 3.61. The highest BCUT2D eigenvalue weighted by molar-refractivity contribution is 7.89. The molecule has 2 saturated heterocycles. The first-order valence-corrected chi connectivity index (χ1v) is 11.3. The van der Waals surface area contributed by atoms with Crippen LogP contribution >= 0.6 is 0 Å². The SMILES string of the molecule is C=CC(=O)N1CCCC1C(=O)NCc1ccc(S(=O)(=O)NCC2CCCO2)cc1. The fourth-order valence-corrected chi connectivity index (χ4v) is 4.67. The highest BCUT2D eigenvalue weighted by Gasteiger charge is 2.32. The van der Waals surface area contributed by atoms with Crippen molar-refractivity contribution >= 4 is 21.8 Å². The zero-order valence-electron chi connectivity index (χ0n) is 16.3. The molecule has 0 bridgehead atoms. The summed E-state index contributed by atoms with van der Waals surface area (Å²) >= 11 is 0. The average Bonchev–Trinajstić information content (AvgIpc) is 3.42. The van der Waals surface area contributed by atoms with Crippen molar-refractivity contribution in [1.82, 2.24) is 14.9 Å². The number of amides is 2. The van der Waals surface area contributed by atoms with Gasteiger partial charge in [0.25, 0.3) is 0 Å². The van der Waals surface area contributed by atoms with Crippen molar-refractivity contribution in [1.29, 1.82) is 0 Å². The Balaban J connectivity index is 1.52. The molecule has 158 valence electrons. The van der Waals surface area contributed by atoms with Crippen LogP contribution in [0.3, 0.4) is 0 Å². The third-order valence-corrected chi connectivity index (χ3v) is 6.68. The number of rotatable bonds is 8. The van der Waals surface area contributed by atoms with Gasteiger partial charge in [-0.1, -0.05) is 18.7 Å². The van der Waals surface area contributed by atoms with Gasteiger partial charge in [0, 0.05) is 26.2 Å². The van der Waals surface area contributed by atoms with Crippen LogP contribution in [0.2, 0.25) is 0 Å². The fraction of sp³-hybridized carbons (Fsp3) is 0.500. The summed E-state index contributed by atoms with van der Waals surface area (Å²) in [4.78, 5) is 26.0. The molecule has 0 aliphatic carbocycles. The van der Waals surface area contributed by atoms with E-state index < -0.39 is 16.1 Å². The van der Waals surface area contributed by atoms with E-state index in [4.69, 9.17) is 4.74 Å². The number of nitrogens with one attached hydrogen (secondary N) is 2. The standard InChI is InChI=1S/C20H27N3O5S/c1-2-19(24)23-11-3-6-18(23)20(25)21-13-15-7-9-17(10-8-15)29(26,27)22-14-16-5-4-12-28-16/h2,7-10,16,18,22H,1,3-6,11-14H2,(H,21,25). The van der Waals surface area contributed by atoms with Crippen molar-refractivity contribution in [2.45, 2.75) is 49.3 Å². The largest absolute Gasteiger partial charge is 0.377 e. The Hall–Kier alpha value is -2.23. The lowest BCUT2D eigenvalue weighted by atomic mass is 10.2. The third kappa shape index (κ3) is 5.43. The molecule has 2 fully saturated rings. The molecule has 2 heterocycles. The van der Waals surface area contributed by atoms with E-state index in [9.17, 15) is 18.0 Å². The first kappa shape index (κ1) is 21.5. The van der Waals surface area contributed by atoms with E-state index in [1.54, 1.807) is 12.1 Å². The van der Waals surface area contributed by atoms with E-state index in [0.29, 0.717) is 19.6 Å². The quantitative estimate of drug-likeness (QED) is 0.608. The van der Waals surface area contributed by atoms with Gasteiger partial charge in [0.05, 0.1) is 11.0 Å². The minimum atomic E-state index is -3.60. The molecule has 9 heteroatoms. The highest BCUT2D eigenvalue weighted by Crippen LogP contribution is 2.18. The molecule has 0 saturated carbocycles. The predicted molar refractivity (Wildman–Crippen MR) is 107 cm³/mol. The topological polar surface area (TPSA) is 105 Å². The Morgan fingerprint density at radius 3 is 2.62 bits per heavy atom. The summed E-state index contributed by atoms with van der Waals surface area (Å²) in [6.45, 7) is 5.22. The molecule has 2 atom stereocenters. The van der Waals surface area contributed by atoms with Gasteiger partial charge in [0.1, 0.15) is 6.04 Å². The molecular weight excluding hydrogens is 394 g/mol. The van der Waals surface area contributed by atoms with Gasteiger partial charge in [-0.25, -0.2) is 13.1 Å². The van der Waals surface area contributed by atoms with Gasteiger partial charge in [0.2, 0.25) is 21.8 Å². The number of sulfonamides is 1. The number of hydrogen-bond donors (Lipinski definition) is 2. The van der Waals surface area contributed by atoms with Crippen LogP contribution in [0, 0.1) is 0 Å². The second-order valence-electron chi connectivity index (χ2n) is 7.24. The monoisotopic (exact) mass is 421 g/mol. The maximum atomic E-state index is 12.4. The summed E-state index contributed by atoms with van der Waals surface area (Å²) in [6.07, 6.45) is 4.37. The predicted octanol–water partition coefficient (Wildman–Crippen LogP) is 0.937. The van der Waals surface area contributed by atoms with Crippen molar-refractivity contribution in [2.24, 2.45) is 0 Å². The van der Waals surface area contributed by atoms with Crippen molar-refractivity contribution in [2.75, 3.05) is 19.7 Å². The summed E-state index contributed by atoms with van der Waals surface area (Å²) in [5.74, 6) is -0.458. The Kier molecular flexibility index (Phi) is 7.05. The molecule has 0 spiro atoms. The maximum absolute atomic E-state index is 12.4. The number of ether oxygens (including phenoxy) is 1. The van der Waals surface area contributed by atoms with Gasteiger partial charge in [0.15, 0.2) is 0 Å². The zero-order valence-corrected chi connectivity index (χ0v) is 17.1. The Labute approximate surface area is 171 Å². The lowest BCUT2D eigenvalue weighted by Gasteiger charge is -2.22. The number of carbonyl (C=O) groups is 2. The van der Waals surface area contributed by atoms with E-state index in [2.05, 4.69) is 16.6 Å². The van der Waals surface area contributed by atoms with Gasteiger partial charge in [-0.15, -0.1) is 0 Å². The smallest absolute Gasteiger partial charge is 0.246 e. The summed E-state index contributed by atoms with van der Waals surface area (Å²) < 4.78 is 32.8. The van der Waals surface area contributed by atoms with Gasteiger partial charge in [-0.2, -0.15) is 0 Å². The van der Waals surface area contributed by atoms with Crippen LogP contribution < -0.4 is 10.0 Å². The Morgan fingerprint density at radius 1 is 1.21 bits per heavy atom. The van der Waals surface area contributed by atoms with Crippen molar-refractivity contribution < 1.29 is 22.7 Å². The van der Waals surface area contributed by atoms with Crippen LogP contribution in [0.4, 0.5) is 0 Å². The molecule has 0 aromatic heterocycles. The average molecular weight is 422 g/mol. The minimum Gasteiger partial charge on any atom is -0.377 e. The van der Waals surface area contributed by atoms with Crippen LogP contribution in [-0.4, -0.2) is 57.0 Å². The molecule has 2 unspecified atom stereocenters. The molecule has 1 aromatic carbocycles. The molecule has 2 amide bonds. The van der Waals surface area contributed by atoms with Crippen LogP contribution in [-0.2, 0) is 30.9 Å². The number of likely N-dealkylation sites (tertiary alicyclic amines) is 1. The van der Waals surface area contributed by atoms with E-state index in [0.717, 1.165) is 24.8 Å². The lowest BCUT2D eigenvalue weighted by Crippen LogP contribution is -2.45. The van der Waals surface area contributed by atoms with Gasteiger partial charge in [-0.3, -0.25) is 9.59 Å². The van der Waals surface area contributed by atoms with E-state index in [1.165, 1.54) is 23.1 Å². The van der Waals surface area contributed by atoms with Crippen molar-refractivity contribution in [3.8, 4) is 0 Å². The van der Waals surface area contributed by atoms with Gasteiger partial charge < -0.3 is 15.0 Å². The van der Waals surface area contributed by atoms with Crippen LogP contribution in [0.1, 0.15) is 31.2 Å². The first-order chi connectivity index (χ1) is 13.9. The van der Waals surface area contributed by atoms with Gasteiger partial charge in [-0.05, 0) is 49.5 Å². The van der Waals surface area contributed by atoms with Gasteiger partial charge >= 0.3 is 0 Å². The summed E-state index contributed by atoms with van der Waals surface area (Å²) in [5.41, 5.74) is 0.774. The summed E-state index contributed by atoms with van der Waals surface area (Å²) in [6, 6.07) is 5.89. The molecule has 0 radical (unpaired) electrons. The van der Waals surface area contributed by atoms with Crippen LogP contribution in [0.25, 0.3) is 0 Å². The zero-order chi connectivity index (χ0) is 20.9. The van der Waals surface area contributed by atoms with Crippen molar-refractivity contribution in [3.05, 3.63) is 42.5 Å². The maximum Gasteiger partial charge on any atom is 0.246 e. The number of carbonyl (C=O) groups excluding carboxylic acids is 2. The normalized spacial score (nSPS) is 21.9. The summed E-state index contributed by atoms with van der Waals surface area (Å²) in [5, 5.41) is 2.82. The van der Waals surface area contributed by atoms with Crippen LogP contribution in [0.5, 0.6) is 0 Å². The number of benzene rings is 1. The second kappa shape index (κ2) is 9.51. The van der Waals surface area contributed by atoms with Crippen molar-refractivity contribution in [3.63, 3.8) is 0 Å². The first-order valence-electron chi connectivity index (χ1n) is 9.81.